The van der Waals surface area contributed by atoms with E-state index in [1.54, 1.807) is 0 Å². The van der Waals surface area contributed by atoms with Gasteiger partial charge < -0.3 is 4.74 Å². The highest BCUT2D eigenvalue weighted by Gasteiger charge is 2.42. The minimum Gasteiger partial charge on any atom is -0.309 e. The summed E-state index contributed by atoms with van der Waals surface area (Å²) in [6.07, 6.45) is 1.98. The van der Waals surface area contributed by atoms with Gasteiger partial charge in [-0.2, -0.15) is 14.0 Å². The van der Waals surface area contributed by atoms with Crippen molar-refractivity contribution in [3.63, 3.8) is 0 Å². The van der Waals surface area contributed by atoms with Crippen molar-refractivity contribution >= 4 is 0 Å². The molecular formula is C27H29F6NO. The van der Waals surface area contributed by atoms with Gasteiger partial charge in [0.2, 0.25) is 0 Å². The molecular weight excluding hydrogens is 468 g/mol. The minimum atomic E-state index is -4.40. The van der Waals surface area contributed by atoms with Crippen molar-refractivity contribution in [2.45, 2.75) is 83.3 Å². The zero-order valence-electron chi connectivity index (χ0n) is 19.8. The molecule has 1 aliphatic rings. The molecule has 1 aliphatic carbocycles. The fourth-order valence-electron chi connectivity index (χ4n) is 4.86. The highest BCUT2D eigenvalue weighted by atomic mass is 19.3. The first-order chi connectivity index (χ1) is 16.6. The largest absolute Gasteiger partial charge is 0.389 e. The second-order valence-corrected chi connectivity index (χ2v) is 9.32. The maximum atomic E-state index is 14.8. The lowest BCUT2D eigenvalue weighted by Gasteiger charge is -2.29. The molecule has 1 atom stereocenters. The molecule has 1 unspecified atom stereocenters. The third-order valence-corrected chi connectivity index (χ3v) is 6.86. The fourth-order valence-corrected chi connectivity index (χ4v) is 4.86. The Morgan fingerprint density at radius 2 is 1.51 bits per heavy atom. The van der Waals surface area contributed by atoms with Crippen molar-refractivity contribution in [3.8, 4) is 6.07 Å². The van der Waals surface area contributed by atoms with E-state index in [2.05, 4.69) is 11.7 Å². The van der Waals surface area contributed by atoms with Crippen LogP contribution < -0.4 is 0 Å². The van der Waals surface area contributed by atoms with E-state index in [0.717, 1.165) is 57.6 Å². The molecule has 0 aromatic heterocycles. The lowest BCUT2D eigenvalue weighted by atomic mass is 9.77. The average Bonchev–Trinajstić information content (AvgIpc) is 2.78. The molecule has 35 heavy (non-hydrogen) atoms. The van der Waals surface area contributed by atoms with E-state index in [-0.39, 0.29) is 11.5 Å². The SMILES string of the molecule is CCCCCC1CCC(c2cc(F)c(C(F)(F)OC(C)c3cc(F)c(C#N)c(F)c3)c(F)c2)CC1. The standard InChI is InChI=1S/C27H29F6NO/c1-3-4-5-6-17-7-9-18(10-8-17)20-13-24(30)26(25(31)14-20)27(32,33)35-16(2)19-11-22(28)21(15-34)23(29)12-19/h11-14,16-18H,3-10H2,1-2H3. The van der Waals surface area contributed by atoms with Crippen LogP contribution in [0.1, 0.15) is 99.5 Å². The van der Waals surface area contributed by atoms with Crippen molar-refractivity contribution in [1.29, 1.82) is 5.26 Å². The number of ether oxygens (including phenoxy) is 1. The van der Waals surface area contributed by atoms with Gasteiger partial charge in [-0.05, 0) is 79.8 Å². The summed E-state index contributed by atoms with van der Waals surface area (Å²) in [5.41, 5.74) is -2.41. The molecule has 0 aliphatic heterocycles. The molecule has 0 saturated heterocycles. The van der Waals surface area contributed by atoms with E-state index in [1.165, 1.54) is 18.9 Å². The van der Waals surface area contributed by atoms with Gasteiger partial charge in [0.25, 0.3) is 0 Å². The number of nitrogens with zero attached hydrogens (tertiary/aromatic N) is 1. The van der Waals surface area contributed by atoms with Crippen LogP contribution in [0.3, 0.4) is 0 Å². The molecule has 1 fully saturated rings. The molecule has 3 rings (SSSR count). The van der Waals surface area contributed by atoms with Crippen LogP contribution in [0.2, 0.25) is 0 Å². The average molecular weight is 498 g/mol. The molecule has 0 radical (unpaired) electrons. The number of benzene rings is 2. The molecule has 1 saturated carbocycles. The van der Waals surface area contributed by atoms with Gasteiger partial charge in [-0.3, -0.25) is 0 Å². The van der Waals surface area contributed by atoms with Crippen LogP contribution in [0.25, 0.3) is 0 Å². The Bertz CT molecular complexity index is 1030. The highest BCUT2D eigenvalue weighted by Crippen LogP contribution is 2.42. The molecule has 0 N–H and O–H groups in total. The van der Waals surface area contributed by atoms with Crippen molar-refractivity contribution < 1.29 is 31.1 Å². The lowest BCUT2D eigenvalue weighted by molar-refractivity contribution is -0.275. The Balaban J connectivity index is 1.73. The zero-order chi connectivity index (χ0) is 25.8. The van der Waals surface area contributed by atoms with Crippen LogP contribution in [0.5, 0.6) is 0 Å². The smallest absolute Gasteiger partial charge is 0.309 e. The van der Waals surface area contributed by atoms with E-state index in [4.69, 9.17) is 5.26 Å². The summed E-state index contributed by atoms with van der Waals surface area (Å²) in [7, 11) is 0. The van der Waals surface area contributed by atoms with E-state index in [0.29, 0.717) is 23.6 Å². The monoisotopic (exact) mass is 497 g/mol. The number of rotatable bonds is 9. The van der Waals surface area contributed by atoms with Crippen molar-refractivity contribution in [2.75, 3.05) is 0 Å². The van der Waals surface area contributed by atoms with Crippen molar-refractivity contribution in [3.05, 3.63) is 69.8 Å². The summed E-state index contributed by atoms with van der Waals surface area (Å²) in [6.45, 7) is 3.21. The summed E-state index contributed by atoms with van der Waals surface area (Å²) >= 11 is 0. The lowest BCUT2D eigenvalue weighted by Crippen LogP contribution is -2.24. The van der Waals surface area contributed by atoms with Gasteiger partial charge in [0.15, 0.2) is 0 Å². The number of unbranched alkanes of at least 4 members (excludes halogenated alkanes) is 2. The fraction of sp³-hybridized carbons (Fsp3) is 0.519. The summed E-state index contributed by atoms with van der Waals surface area (Å²) < 4.78 is 91.4. The maximum absolute atomic E-state index is 14.8. The van der Waals surface area contributed by atoms with E-state index < -0.39 is 46.6 Å². The summed E-state index contributed by atoms with van der Waals surface area (Å²) in [4.78, 5) is 0. The number of hydrogen-bond acceptors (Lipinski definition) is 2. The first-order valence-electron chi connectivity index (χ1n) is 12.0. The van der Waals surface area contributed by atoms with Crippen LogP contribution in [-0.4, -0.2) is 0 Å². The summed E-state index contributed by atoms with van der Waals surface area (Å²) in [5, 5.41) is 8.73. The first-order valence-corrected chi connectivity index (χ1v) is 12.0. The van der Waals surface area contributed by atoms with Crippen LogP contribution in [0.15, 0.2) is 24.3 Å². The number of halogens is 6. The van der Waals surface area contributed by atoms with Crippen LogP contribution in [-0.2, 0) is 10.8 Å². The van der Waals surface area contributed by atoms with Crippen LogP contribution in [0.4, 0.5) is 26.3 Å². The Morgan fingerprint density at radius 3 is 2.03 bits per heavy atom. The molecule has 2 aromatic rings. The van der Waals surface area contributed by atoms with E-state index >= 15 is 0 Å². The van der Waals surface area contributed by atoms with Gasteiger partial charge >= 0.3 is 6.11 Å². The zero-order valence-corrected chi connectivity index (χ0v) is 19.8. The Labute approximate surface area is 201 Å². The Morgan fingerprint density at radius 1 is 0.943 bits per heavy atom. The van der Waals surface area contributed by atoms with Gasteiger partial charge in [-0.15, -0.1) is 0 Å². The quantitative estimate of drug-likeness (QED) is 0.256. The van der Waals surface area contributed by atoms with Gasteiger partial charge in [-0.25, -0.2) is 17.6 Å². The third-order valence-electron chi connectivity index (χ3n) is 6.86. The second kappa shape index (κ2) is 11.5. The Hall–Kier alpha value is -2.53. The van der Waals surface area contributed by atoms with Gasteiger partial charge in [0.05, 0.1) is 6.10 Å². The number of alkyl halides is 2. The van der Waals surface area contributed by atoms with Gasteiger partial charge in [-0.1, -0.05) is 32.6 Å². The Kier molecular flexibility index (Phi) is 8.87. The molecule has 0 spiro atoms. The minimum absolute atomic E-state index is 0.103. The van der Waals surface area contributed by atoms with Crippen LogP contribution in [0, 0.1) is 40.5 Å². The number of nitriles is 1. The van der Waals surface area contributed by atoms with Crippen molar-refractivity contribution in [2.24, 2.45) is 5.92 Å². The van der Waals surface area contributed by atoms with E-state index in [1.807, 2.05) is 0 Å². The first kappa shape index (κ1) is 27.1. The molecule has 0 heterocycles. The maximum Gasteiger partial charge on any atom is 0.389 e. The predicted molar refractivity (Wildman–Crippen MR) is 120 cm³/mol. The van der Waals surface area contributed by atoms with Gasteiger partial charge in [0.1, 0.15) is 40.5 Å². The molecule has 190 valence electrons. The van der Waals surface area contributed by atoms with Gasteiger partial charge in [0, 0.05) is 0 Å². The normalized spacial score (nSPS) is 19.4. The molecule has 0 amide bonds. The predicted octanol–water partition coefficient (Wildman–Crippen LogP) is 8.80. The van der Waals surface area contributed by atoms with E-state index in [9.17, 15) is 26.3 Å². The van der Waals surface area contributed by atoms with Crippen LogP contribution >= 0.6 is 0 Å². The molecule has 2 nitrogen and oxygen atoms in total. The topological polar surface area (TPSA) is 33.0 Å². The summed E-state index contributed by atoms with van der Waals surface area (Å²) in [6, 6.07) is 4.55. The highest BCUT2D eigenvalue weighted by molar-refractivity contribution is 5.36. The molecule has 2 aromatic carbocycles. The second-order valence-electron chi connectivity index (χ2n) is 9.32. The van der Waals surface area contributed by atoms with Crippen molar-refractivity contribution in [1.82, 2.24) is 0 Å². The summed E-state index contributed by atoms with van der Waals surface area (Å²) in [5.74, 6) is -4.87. The third kappa shape index (κ3) is 6.38. The number of hydrogen-bond donors (Lipinski definition) is 0. The molecule has 8 heteroatoms. The molecule has 0 bridgehead atoms.